The highest BCUT2D eigenvalue weighted by Gasteiger charge is 2.04. The topological polar surface area (TPSA) is 28.4 Å². The first-order valence-electron chi connectivity index (χ1n) is 5.71. The van der Waals surface area contributed by atoms with Gasteiger partial charge < -0.3 is 9.73 Å². The van der Waals surface area contributed by atoms with Crippen LogP contribution in [0.3, 0.4) is 0 Å². The Labute approximate surface area is 98.1 Å². The van der Waals surface area contributed by atoms with Crippen LogP contribution in [0.25, 0.3) is 0 Å². The van der Waals surface area contributed by atoms with Gasteiger partial charge in [-0.2, -0.15) is 0 Å². The molecule has 0 unspecified atom stereocenters. The van der Waals surface area contributed by atoms with Gasteiger partial charge in [-0.25, -0.2) is 0 Å². The molecule has 0 spiro atoms. The molecule has 0 aliphatic heterocycles. The number of hydrogen-bond acceptors (Lipinski definition) is 3. The van der Waals surface area contributed by atoms with E-state index in [1.54, 1.807) is 0 Å². The summed E-state index contributed by atoms with van der Waals surface area (Å²) in [6, 6.07) is 2.61. The molecule has 16 heavy (non-hydrogen) atoms. The van der Waals surface area contributed by atoms with E-state index in [1.807, 2.05) is 12.3 Å². The molecule has 3 heteroatoms. The van der Waals surface area contributed by atoms with E-state index in [2.05, 4.69) is 43.8 Å². The van der Waals surface area contributed by atoms with E-state index < -0.39 is 0 Å². The van der Waals surface area contributed by atoms with Gasteiger partial charge in [0, 0.05) is 24.7 Å². The van der Waals surface area contributed by atoms with Gasteiger partial charge in [0.25, 0.3) is 0 Å². The molecule has 0 bridgehead atoms. The quantitative estimate of drug-likeness (QED) is 0.718. The zero-order chi connectivity index (χ0) is 12.0. The van der Waals surface area contributed by atoms with Crippen molar-refractivity contribution in [2.45, 2.75) is 33.0 Å². The summed E-state index contributed by atoms with van der Waals surface area (Å²) < 4.78 is 5.50. The van der Waals surface area contributed by atoms with Crippen molar-refractivity contribution >= 4 is 0 Å². The van der Waals surface area contributed by atoms with Crippen LogP contribution in [-0.2, 0) is 13.1 Å². The van der Waals surface area contributed by atoms with Crippen molar-refractivity contribution in [3.05, 3.63) is 36.3 Å². The Hall–Kier alpha value is -1.06. The fourth-order valence-electron chi connectivity index (χ4n) is 1.47. The van der Waals surface area contributed by atoms with Gasteiger partial charge in [0.2, 0.25) is 0 Å². The maximum Gasteiger partial charge on any atom is 0.118 e. The molecule has 0 atom stereocenters. The number of furan rings is 1. The minimum atomic E-state index is 0.502. The predicted octanol–water partition coefficient (Wildman–Crippen LogP) is 2.40. The predicted molar refractivity (Wildman–Crippen MR) is 67.2 cm³/mol. The third-order valence-electron chi connectivity index (χ3n) is 2.29. The Morgan fingerprint density at radius 2 is 2.31 bits per heavy atom. The molecule has 0 fully saturated rings. The minimum Gasteiger partial charge on any atom is -0.468 e. The normalized spacial score (nSPS) is 11.3. The summed E-state index contributed by atoms with van der Waals surface area (Å²) in [5, 5.41) is 3.36. The molecule has 0 saturated carbocycles. The van der Waals surface area contributed by atoms with Crippen LogP contribution in [0.5, 0.6) is 0 Å². The van der Waals surface area contributed by atoms with Gasteiger partial charge in [-0.1, -0.05) is 19.9 Å². The van der Waals surface area contributed by atoms with Crippen molar-refractivity contribution < 1.29 is 4.42 Å². The van der Waals surface area contributed by atoms with Crippen molar-refractivity contribution in [2.75, 3.05) is 13.6 Å². The molecule has 90 valence electrons. The lowest BCUT2D eigenvalue weighted by molar-refractivity contribution is 0.322. The largest absolute Gasteiger partial charge is 0.468 e. The molecule has 0 aliphatic rings. The Bertz CT molecular complexity index is 317. The molecule has 0 aromatic carbocycles. The molecule has 0 radical (unpaired) electrons. The summed E-state index contributed by atoms with van der Waals surface area (Å²) in [5.41, 5.74) is 1.20. The van der Waals surface area contributed by atoms with E-state index in [4.69, 9.17) is 4.42 Å². The van der Waals surface area contributed by atoms with E-state index in [0.717, 1.165) is 25.4 Å². The maximum atomic E-state index is 5.50. The molecule has 1 N–H and O–H groups in total. The van der Waals surface area contributed by atoms with E-state index in [9.17, 15) is 0 Å². The molecule has 3 nitrogen and oxygen atoms in total. The lowest BCUT2D eigenvalue weighted by atomic mass is 10.3. The molecule has 0 aliphatic carbocycles. The Kier molecular flexibility index (Phi) is 5.29. The highest BCUT2D eigenvalue weighted by Crippen LogP contribution is 2.09. The second kappa shape index (κ2) is 6.51. The third-order valence-corrected chi connectivity index (χ3v) is 2.29. The number of nitrogens with one attached hydrogen (secondary N) is 1. The minimum absolute atomic E-state index is 0.502. The van der Waals surface area contributed by atoms with Crippen molar-refractivity contribution in [1.82, 2.24) is 10.2 Å². The summed E-state index contributed by atoms with van der Waals surface area (Å²) in [6.45, 7) is 10.6. The van der Waals surface area contributed by atoms with Crippen LogP contribution >= 0.6 is 0 Å². The molecular weight excluding hydrogens is 200 g/mol. The van der Waals surface area contributed by atoms with Gasteiger partial charge >= 0.3 is 0 Å². The smallest absolute Gasteiger partial charge is 0.118 e. The SMILES string of the molecule is C=CCN(C)Cc1cc(CNC(C)C)co1. The van der Waals surface area contributed by atoms with Crippen molar-refractivity contribution in [3.8, 4) is 0 Å². The molecule has 0 saturated heterocycles. The summed E-state index contributed by atoms with van der Waals surface area (Å²) in [5.74, 6) is 1.00. The first-order chi connectivity index (χ1) is 7.61. The van der Waals surface area contributed by atoms with Gasteiger partial charge in [-0.3, -0.25) is 4.90 Å². The van der Waals surface area contributed by atoms with Crippen LogP contribution in [0.2, 0.25) is 0 Å². The van der Waals surface area contributed by atoms with Crippen LogP contribution in [0.4, 0.5) is 0 Å². The molecular formula is C13H22N2O. The number of nitrogens with zero attached hydrogens (tertiary/aromatic N) is 1. The van der Waals surface area contributed by atoms with Gasteiger partial charge in [0.15, 0.2) is 0 Å². The second-order valence-corrected chi connectivity index (χ2v) is 4.44. The number of rotatable bonds is 7. The molecule has 1 rings (SSSR count). The molecule has 1 heterocycles. The highest BCUT2D eigenvalue weighted by molar-refractivity contribution is 5.12. The van der Waals surface area contributed by atoms with E-state index in [-0.39, 0.29) is 0 Å². The lowest BCUT2D eigenvalue weighted by Gasteiger charge is -2.11. The first-order valence-corrected chi connectivity index (χ1v) is 5.71. The summed E-state index contributed by atoms with van der Waals surface area (Å²) in [4.78, 5) is 2.16. The van der Waals surface area contributed by atoms with E-state index in [1.165, 1.54) is 5.56 Å². The number of likely N-dealkylation sites (N-methyl/N-ethyl adjacent to an activating group) is 1. The Balaban J connectivity index is 2.41. The summed E-state index contributed by atoms with van der Waals surface area (Å²) >= 11 is 0. The average molecular weight is 222 g/mol. The highest BCUT2D eigenvalue weighted by atomic mass is 16.3. The van der Waals surface area contributed by atoms with Crippen LogP contribution in [-0.4, -0.2) is 24.5 Å². The Morgan fingerprint density at radius 1 is 1.56 bits per heavy atom. The fraction of sp³-hybridized carbons (Fsp3) is 0.538. The lowest BCUT2D eigenvalue weighted by Crippen LogP contribution is -2.21. The molecule has 1 aromatic rings. The fourth-order valence-corrected chi connectivity index (χ4v) is 1.47. The average Bonchev–Trinajstić information content (AvgIpc) is 2.63. The van der Waals surface area contributed by atoms with E-state index >= 15 is 0 Å². The van der Waals surface area contributed by atoms with Crippen molar-refractivity contribution in [1.29, 1.82) is 0 Å². The monoisotopic (exact) mass is 222 g/mol. The Morgan fingerprint density at radius 3 is 2.94 bits per heavy atom. The molecule has 1 aromatic heterocycles. The zero-order valence-corrected chi connectivity index (χ0v) is 10.5. The van der Waals surface area contributed by atoms with Crippen LogP contribution in [0, 0.1) is 0 Å². The summed E-state index contributed by atoms with van der Waals surface area (Å²) in [6.07, 6.45) is 3.72. The summed E-state index contributed by atoms with van der Waals surface area (Å²) in [7, 11) is 2.05. The molecule has 0 amide bonds. The van der Waals surface area contributed by atoms with Gasteiger partial charge in [-0.15, -0.1) is 6.58 Å². The van der Waals surface area contributed by atoms with Crippen LogP contribution < -0.4 is 5.32 Å². The third kappa shape index (κ3) is 4.64. The first kappa shape index (κ1) is 13.0. The van der Waals surface area contributed by atoms with Crippen LogP contribution in [0.15, 0.2) is 29.4 Å². The zero-order valence-electron chi connectivity index (χ0n) is 10.5. The van der Waals surface area contributed by atoms with Crippen molar-refractivity contribution in [2.24, 2.45) is 0 Å². The maximum absolute atomic E-state index is 5.50. The standard InChI is InChI=1S/C13H22N2O/c1-5-6-15(4)9-13-7-12(10-16-13)8-14-11(2)3/h5,7,10-11,14H,1,6,8-9H2,2-4H3. The number of hydrogen-bond donors (Lipinski definition) is 1. The van der Waals surface area contributed by atoms with E-state index in [0.29, 0.717) is 6.04 Å². The van der Waals surface area contributed by atoms with Crippen molar-refractivity contribution in [3.63, 3.8) is 0 Å². The van der Waals surface area contributed by atoms with Gasteiger partial charge in [0.05, 0.1) is 12.8 Å². The second-order valence-electron chi connectivity index (χ2n) is 4.44. The van der Waals surface area contributed by atoms with Crippen LogP contribution in [0.1, 0.15) is 25.2 Å². The van der Waals surface area contributed by atoms with Gasteiger partial charge in [-0.05, 0) is 13.1 Å². The van der Waals surface area contributed by atoms with Gasteiger partial charge in [0.1, 0.15) is 5.76 Å².